The van der Waals surface area contributed by atoms with Gasteiger partial charge in [-0.1, -0.05) is 37.3 Å². The molecule has 2 N–H and O–H groups in total. The Labute approximate surface area is 123 Å². The van der Waals surface area contributed by atoms with Crippen LogP contribution in [-0.4, -0.2) is 41.8 Å². The summed E-state index contributed by atoms with van der Waals surface area (Å²) < 4.78 is 0. The first-order valence-electron chi connectivity index (χ1n) is 7.86. The standard InChI is InChI=1S/C17H28N2O/c1-3-9-19-12-16(14(2)20)10-17(13-19)18-11-15-7-5-4-6-8-15/h4-8,14,16-18,20H,3,9-13H2,1-2H3. The first-order valence-corrected chi connectivity index (χ1v) is 7.86. The van der Waals surface area contributed by atoms with Crippen LogP contribution in [0.25, 0.3) is 0 Å². The van der Waals surface area contributed by atoms with Crippen molar-refractivity contribution in [2.75, 3.05) is 19.6 Å². The summed E-state index contributed by atoms with van der Waals surface area (Å²) in [6.07, 6.45) is 2.04. The van der Waals surface area contributed by atoms with Crippen molar-refractivity contribution in [3.8, 4) is 0 Å². The molecule has 0 radical (unpaired) electrons. The Balaban J connectivity index is 1.88. The maximum atomic E-state index is 9.91. The summed E-state index contributed by atoms with van der Waals surface area (Å²) in [7, 11) is 0. The topological polar surface area (TPSA) is 35.5 Å². The van der Waals surface area contributed by atoms with Crippen LogP contribution in [0.4, 0.5) is 0 Å². The van der Waals surface area contributed by atoms with E-state index in [0.717, 1.165) is 32.6 Å². The second-order valence-corrected chi connectivity index (χ2v) is 6.06. The van der Waals surface area contributed by atoms with Gasteiger partial charge in [0.25, 0.3) is 0 Å². The maximum Gasteiger partial charge on any atom is 0.0553 e. The molecule has 1 aromatic rings. The average molecular weight is 276 g/mol. The Morgan fingerprint density at radius 2 is 2.05 bits per heavy atom. The van der Waals surface area contributed by atoms with E-state index in [1.54, 1.807) is 0 Å². The molecule has 3 atom stereocenters. The third kappa shape index (κ3) is 4.58. The summed E-state index contributed by atoms with van der Waals surface area (Å²) in [6.45, 7) is 8.33. The number of rotatable bonds is 6. The Bertz CT molecular complexity index is 380. The van der Waals surface area contributed by atoms with Gasteiger partial charge in [0, 0.05) is 25.7 Å². The van der Waals surface area contributed by atoms with Crippen LogP contribution < -0.4 is 5.32 Å². The monoisotopic (exact) mass is 276 g/mol. The molecule has 3 unspecified atom stereocenters. The fourth-order valence-corrected chi connectivity index (χ4v) is 3.09. The molecular formula is C17H28N2O. The quantitative estimate of drug-likeness (QED) is 0.836. The van der Waals surface area contributed by atoms with Crippen molar-refractivity contribution in [3.63, 3.8) is 0 Å². The van der Waals surface area contributed by atoms with E-state index >= 15 is 0 Å². The molecule has 1 fully saturated rings. The lowest BCUT2D eigenvalue weighted by molar-refractivity contribution is 0.0478. The molecule has 1 heterocycles. The van der Waals surface area contributed by atoms with Crippen molar-refractivity contribution in [1.29, 1.82) is 0 Å². The molecule has 0 spiro atoms. The van der Waals surface area contributed by atoms with Crippen molar-refractivity contribution >= 4 is 0 Å². The molecule has 0 aliphatic carbocycles. The SMILES string of the molecule is CCCN1CC(NCc2ccccc2)CC(C(C)O)C1. The lowest BCUT2D eigenvalue weighted by atomic mass is 9.90. The van der Waals surface area contributed by atoms with Crippen molar-refractivity contribution in [1.82, 2.24) is 10.2 Å². The average Bonchev–Trinajstić information content (AvgIpc) is 2.46. The molecule has 3 heteroatoms. The molecule has 20 heavy (non-hydrogen) atoms. The fraction of sp³-hybridized carbons (Fsp3) is 0.647. The van der Waals surface area contributed by atoms with E-state index in [2.05, 4.69) is 47.5 Å². The number of hydrogen-bond acceptors (Lipinski definition) is 3. The summed E-state index contributed by atoms with van der Waals surface area (Å²) in [5, 5.41) is 13.6. The Morgan fingerprint density at radius 1 is 1.30 bits per heavy atom. The van der Waals surface area contributed by atoms with Gasteiger partial charge in [-0.3, -0.25) is 0 Å². The van der Waals surface area contributed by atoms with E-state index in [1.165, 1.54) is 12.0 Å². The second-order valence-electron chi connectivity index (χ2n) is 6.06. The van der Waals surface area contributed by atoms with Gasteiger partial charge >= 0.3 is 0 Å². The molecule has 1 aromatic carbocycles. The number of aliphatic hydroxyl groups is 1. The largest absolute Gasteiger partial charge is 0.393 e. The zero-order chi connectivity index (χ0) is 14.4. The number of nitrogens with zero attached hydrogens (tertiary/aromatic N) is 1. The molecule has 3 nitrogen and oxygen atoms in total. The number of piperidine rings is 1. The van der Waals surface area contributed by atoms with Crippen molar-refractivity contribution in [2.24, 2.45) is 5.92 Å². The predicted molar refractivity (Wildman–Crippen MR) is 83.6 cm³/mol. The van der Waals surface area contributed by atoms with Crippen molar-refractivity contribution < 1.29 is 5.11 Å². The molecule has 0 aromatic heterocycles. The minimum absolute atomic E-state index is 0.212. The number of hydrogen-bond donors (Lipinski definition) is 2. The zero-order valence-electron chi connectivity index (χ0n) is 12.8. The van der Waals surface area contributed by atoms with E-state index in [-0.39, 0.29) is 6.10 Å². The van der Waals surface area contributed by atoms with Crippen LogP contribution in [0, 0.1) is 5.92 Å². The first kappa shape index (κ1) is 15.5. The normalized spacial score (nSPS) is 25.6. The van der Waals surface area contributed by atoms with Crippen molar-refractivity contribution in [2.45, 2.75) is 45.4 Å². The van der Waals surface area contributed by atoms with E-state index in [1.807, 2.05) is 6.92 Å². The minimum Gasteiger partial charge on any atom is -0.393 e. The smallest absolute Gasteiger partial charge is 0.0553 e. The highest BCUT2D eigenvalue weighted by Gasteiger charge is 2.29. The third-order valence-corrected chi connectivity index (χ3v) is 4.22. The first-order chi connectivity index (χ1) is 9.69. The predicted octanol–water partition coefficient (Wildman–Crippen LogP) is 2.26. The van der Waals surface area contributed by atoms with Gasteiger partial charge in [-0.2, -0.15) is 0 Å². The van der Waals surface area contributed by atoms with E-state index < -0.39 is 0 Å². The zero-order valence-corrected chi connectivity index (χ0v) is 12.8. The fourth-order valence-electron chi connectivity index (χ4n) is 3.09. The molecule has 0 bridgehead atoms. The third-order valence-electron chi connectivity index (χ3n) is 4.22. The number of nitrogens with one attached hydrogen (secondary N) is 1. The number of aliphatic hydroxyl groups excluding tert-OH is 1. The Morgan fingerprint density at radius 3 is 2.70 bits per heavy atom. The van der Waals surface area contributed by atoms with Crippen LogP contribution in [0.2, 0.25) is 0 Å². The summed E-state index contributed by atoms with van der Waals surface area (Å²) in [5.41, 5.74) is 1.33. The highest BCUT2D eigenvalue weighted by molar-refractivity contribution is 5.14. The van der Waals surface area contributed by atoms with Gasteiger partial charge in [-0.25, -0.2) is 0 Å². The van der Waals surface area contributed by atoms with E-state index in [4.69, 9.17) is 0 Å². The van der Waals surface area contributed by atoms with Crippen molar-refractivity contribution in [3.05, 3.63) is 35.9 Å². The summed E-state index contributed by atoms with van der Waals surface area (Å²) in [5.74, 6) is 0.392. The van der Waals surface area contributed by atoms with Crippen LogP contribution in [0.1, 0.15) is 32.3 Å². The number of benzene rings is 1. The van der Waals surface area contributed by atoms with Gasteiger partial charge in [-0.15, -0.1) is 0 Å². The molecule has 112 valence electrons. The lowest BCUT2D eigenvalue weighted by Crippen LogP contribution is -2.51. The van der Waals surface area contributed by atoms with Crippen LogP contribution in [0.5, 0.6) is 0 Å². The summed E-state index contributed by atoms with van der Waals surface area (Å²) in [4.78, 5) is 2.49. The highest BCUT2D eigenvalue weighted by Crippen LogP contribution is 2.20. The molecule has 1 aliphatic heterocycles. The summed E-state index contributed by atoms with van der Waals surface area (Å²) in [6, 6.07) is 11.0. The Kier molecular flexibility index (Phi) is 6.02. The van der Waals surface area contributed by atoms with Gasteiger partial charge in [0.1, 0.15) is 0 Å². The van der Waals surface area contributed by atoms with Crippen LogP contribution in [0.15, 0.2) is 30.3 Å². The van der Waals surface area contributed by atoms with Gasteiger partial charge in [0.15, 0.2) is 0 Å². The molecule has 0 amide bonds. The minimum atomic E-state index is -0.212. The maximum absolute atomic E-state index is 9.91. The van der Waals surface area contributed by atoms with Crippen LogP contribution >= 0.6 is 0 Å². The molecular weight excluding hydrogens is 248 g/mol. The van der Waals surface area contributed by atoms with E-state index in [9.17, 15) is 5.11 Å². The van der Waals surface area contributed by atoms with Gasteiger partial charge in [0.05, 0.1) is 6.10 Å². The van der Waals surface area contributed by atoms with Crippen LogP contribution in [-0.2, 0) is 6.54 Å². The molecule has 1 saturated heterocycles. The van der Waals surface area contributed by atoms with Gasteiger partial charge in [-0.05, 0) is 37.8 Å². The molecule has 1 aliphatic rings. The van der Waals surface area contributed by atoms with Gasteiger partial charge < -0.3 is 15.3 Å². The summed E-state index contributed by atoms with van der Waals surface area (Å²) >= 11 is 0. The number of likely N-dealkylation sites (tertiary alicyclic amines) is 1. The molecule has 0 saturated carbocycles. The second kappa shape index (κ2) is 7.77. The highest BCUT2D eigenvalue weighted by atomic mass is 16.3. The van der Waals surface area contributed by atoms with Gasteiger partial charge in [0.2, 0.25) is 0 Å². The van der Waals surface area contributed by atoms with E-state index in [0.29, 0.717) is 12.0 Å². The lowest BCUT2D eigenvalue weighted by Gasteiger charge is -2.39. The Hall–Kier alpha value is -0.900. The molecule has 2 rings (SSSR count). The van der Waals surface area contributed by atoms with Crippen LogP contribution in [0.3, 0.4) is 0 Å².